The summed E-state index contributed by atoms with van der Waals surface area (Å²) in [6, 6.07) is 4.45. The first-order valence-corrected chi connectivity index (χ1v) is 7.33. The van der Waals surface area contributed by atoms with E-state index >= 15 is 0 Å². The Bertz CT molecular complexity index is 511. The van der Waals surface area contributed by atoms with Crippen LogP contribution in [-0.2, 0) is 11.2 Å². The van der Waals surface area contributed by atoms with E-state index in [1.54, 1.807) is 0 Å². The minimum absolute atomic E-state index is 0.0752. The Kier molecular flexibility index (Phi) is 4.21. The number of benzene rings is 1. The van der Waals surface area contributed by atoms with Gasteiger partial charge in [0.05, 0.1) is 11.4 Å². The molecule has 1 aromatic rings. The number of nitrogens with zero attached hydrogens (tertiary/aromatic N) is 1. The molecule has 4 heteroatoms. The summed E-state index contributed by atoms with van der Waals surface area (Å²) in [6.07, 6.45) is 2.48. The Morgan fingerprint density at radius 3 is 2.65 bits per heavy atom. The average molecular weight is 275 g/mol. The fraction of sp³-hybridized carbons (Fsp3) is 0.562. The van der Waals surface area contributed by atoms with Crippen molar-refractivity contribution >= 4 is 23.0 Å². The minimum Gasteiger partial charge on any atom is -0.397 e. The molecule has 3 N–H and O–H groups in total. The van der Waals surface area contributed by atoms with Crippen molar-refractivity contribution in [2.24, 2.45) is 5.92 Å². The number of nitrogen functional groups attached to an aromatic ring is 1. The van der Waals surface area contributed by atoms with Crippen molar-refractivity contribution < 1.29 is 4.79 Å². The van der Waals surface area contributed by atoms with Gasteiger partial charge in [0.1, 0.15) is 0 Å². The number of amides is 1. The van der Waals surface area contributed by atoms with Gasteiger partial charge in [-0.2, -0.15) is 0 Å². The molecule has 0 fully saturated rings. The number of fused-ring (bicyclic) bond motifs is 1. The van der Waals surface area contributed by atoms with E-state index in [-0.39, 0.29) is 5.91 Å². The van der Waals surface area contributed by atoms with E-state index in [2.05, 4.69) is 44.1 Å². The fourth-order valence-electron chi connectivity index (χ4n) is 2.82. The number of rotatable bonds is 4. The van der Waals surface area contributed by atoms with Crippen LogP contribution in [0, 0.1) is 5.92 Å². The Hall–Kier alpha value is -1.71. The predicted molar refractivity (Wildman–Crippen MR) is 85.1 cm³/mol. The monoisotopic (exact) mass is 275 g/mol. The van der Waals surface area contributed by atoms with Crippen molar-refractivity contribution in [2.75, 3.05) is 23.0 Å². The lowest BCUT2D eigenvalue weighted by Crippen LogP contribution is -2.31. The van der Waals surface area contributed by atoms with Crippen LogP contribution in [0.5, 0.6) is 0 Å². The maximum Gasteiger partial charge on any atom is 0.224 e. The molecule has 0 radical (unpaired) electrons. The number of aryl methyl sites for hydroxylation is 1. The molecule has 4 nitrogen and oxygen atoms in total. The first kappa shape index (κ1) is 14.7. The van der Waals surface area contributed by atoms with Crippen LogP contribution in [0.25, 0.3) is 0 Å². The van der Waals surface area contributed by atoms with E-state index in [0.717, 1.165) is 29.9 Å². The first-order valence-electron chi connectivity index (χ1n) is 7.33. The van der Waals surface area contributed by atoms with Crippen LogP contribution in [0.4, 0.5) is 17.1 Å². The van der Waals surface area contributed by atoms with Gasteiger partial charge >= 0.3 is 0 Å². The number of carbonyl (C=O) groups excluding carboxylic acids is 1. The fourth-order valence-corrected chi connectivity index (χ4v) is 2.82. The lowest BCUT2D eigenvalue weighted by Gasteiger charge is -2.31. The van der Waals surface area contributed by atoms with Gasteiger partial charge in [0.25, 0.3) is 0 Å². The van der Waals surface area contributed by atoms with Crippen LogP contribution in [0.15, 0.2) is 12.1 Å². The van der Waals surface area contributed by atoms with Crippen LogP contribution in [0.2, 0.25) is 0 Å². The van der Waals surface area contributed by atoms with E-state index in [1.165, 1.54) is 5.56 Å². The van der Waals surface area contributed by atoms with Crippen LogP contribution in [-0.4, -0.2) is 19.0 Å². The highest BCUT2D eigenvalue weighted by atomic mass is 16.1. The molecule has 1 aromatic carbocycles. The summed E-state index contributed by atoms with van der Waals surface area (Å²) >= 11 is 0. The minimum atomic E-state index is 0.0752. The van der Waals surface area contributed by atoms with E-state index in [9.17, 15) is 4.79 Å². The Morgan fingerprint density at radius 1 is 1.30 bits per heavy atom. The molecule has 0 aromatic heterocycles. The van der Waals surface area contributed by atoms with Crippen molar-refractivity contribution in [3.63, 3.8) is 0 Å². The summed E-state index contributed by atoms with van der Waals surface area (Å²) in [4.78, 5) is 13.7. The number of anilines is 3. The molecule has 1 unspecified atom stereocenters. The van der Waals surface area contributed by atoms with E-state index < -0.39 is 0 Å². The van der Waals surface area contributed by atoms with Crippen LogP contribution in [0.1, 0.15) is 39.2 Å². The second kappa shape index (κ2) is 5.73. The van der Waals surface area contributed by atoms with Gasteiger partial charge in [0, 0.05) is 25.2 Å². The predicted octanol–water partition coefficient (Wildman–Crippen LogP) is 3.02. The molecular weight excluding hydrogens is 250 g/mol. The van der Waals surface area contributed by atoms with Crippen LogP contribution in [0.3, 0.4) is 0 Å². The molecule has 2 rings (SSSR count). The molecule has 0 saturated heterocycles. The highest BCUT2D eigenvalue weighted by Gasteiger charge is 2.20. The zero-order valence-electron chi connectivity index (χ0n) is 12.9. The smallest absolute Gasteiger partial charge is 0.224 e. The number of nitrogens with two attached hydrogens (primary N) is 1. The molecule has 1 aliphatic heterocycles. The van der Waals surface area contributed by atoms with Gasteiger partial charge in [0.15, 0.2) is 0 Å². The van der Waals surface area contributed by atoms with Gasteiger partial charge in [-0.3, -0.25) is 4.79 Å². The molecule has 1 aliphatic rings. The normalized spacial score (nSPS) is 15.8. The molecule has 0 saturated carbocycles. The third-order valence-corrected chi connectivity index (χ3v) is 4.00. The third-order valence-electron chi connectivity index (χ3n) is 4.00. The molecule has 110 valence electrons. The first-order chi connectivity index (χ1) is 9.38. The van der Waals surface area contributed by atoms with Crippen LogP contribution >= 0.6 is 0 Å². The Balaban J connectivity index is 2.26. The van der Waals surface area contributed by atoms with E-state index in [0.29, 0.717) is 18.4 Å². The van der Waals surface area contributed by atoms with Crippen molar-refractivity contribution in [2.45, 2.75) is 46.1 Å². The van der Waals surface area contributed by atoms with Gasteiger partial charge in [-0.1, -0.05) is 13.8 Å². The molecule has 0 spiro atoms. The van der Waals surface area contributed by atoms with Crippen molar-refractivity contribution in [1.82, 2.24) is 0 Å². The maximum atomic E-state index is 11.4. The molecule has 0 bridgehead atoms. The number of nitrogens with one attached hydrogen (secondary N) is 1. The van der Waals surface area contributed by atoms with Crippen LogP contribution < -0.4 is 16.0 Å². The maximum absolute atomic E-state index is 11.4. The Morgan fingerprint density at radius 2 is 2.00 bits per heavy atom. The second-order valence-electron chi connectivity index (χ2n) is 6.21. The summed E-state index contributed by atoms with van der Waals surface area (Å²) in [7, 11) is 2.09. The van der Waals surface area contributed by atoms with Crippen molar-refractivity contribution in [3.8, 4) is 0 Å². The molecule has 0 aliphatic carbocycles. The molecule has 1 heterocycles. The van der Waals surface area contributed by atoms with Gasteiger partial charge in [-0.05, 0) is 43.4 Å². The summed E-state index contributed by atoms with van der Waals surface area (Å²) in [6.45, 7) is 6.69. The second-order valence-corrected chi connectivity index (χ2v) is 6.21. The van der Waals surface area contributed by atoms with E-state index in [4.69, 9.17) is 5.73 Å². The molecule has 20 heavy (non-hydrogen) atoms. The summed E-state index contributed by atoms with van der Waals surface area (Å²) in [5.74, 6) is 0.733. The van der Waals surface area contributed by atoms with Gasteiger partial charge in [-0.15, -0.1) is 0 Å². The zero-order chi connectivity index (χ0) is 14.9. The van der Waals surface area contributed by atoms with Crippen molar-refractivity contribution in [3.05, 3.63) is 17.7 Å². The topological polar surface area (TPSA) is 58.4 Å². The van der Waals surface area contributed by atoms with Gasteiger partial charge < -0.3 is 16.0 Å². The number of hydrogen-bond acceptors (Lipinski definition) is 3. The van der Waals surface area contributed by atoms with Gasteiger partial charge in [-0.25, -0.2) is 0 Å². The van der Waals surface area contributed by atoms with Gasteiger partial charge in [0.2, 0.25) is 5.91 Å². The zero-order valence-corrected chi connectivity index (χ0v) is 12.9. The Labute approximate surface area is 121 Å². The van der Waals surface area contributed by atoms with Crippen molar-refractivity contribution in [1.29, 1.82) is 0 Å². The largest absolute Gasteiger partial charge is 0.397 e. The molecular formula is C16H25N3O. The molecule has 1 amide bonds. The average Bonchev–Trinajstić information content (AvgIpc) is 2.36. The summed E-state index contributed by atoms with van der Waals surface area (Å²) < 4.78 is 0. The standard InChI is InChI=1S/C16H25N3O/c1-10(2)7-11(3)19(4)15-8-12-5-6-16(20)18-14(12)9-13(15)17/h8-11H,5-7,17H2,1-4H3,(H,18,20). The third kappa shape index (κ3) is 3.06. The SMILES string of the molecule is CC(C)CC(C)N(C)c1cc2c(cc1N)NC(=O)CC2. The lowest BCUT2D eigenvalue weighted by atomic mass is 9.99. The molecule has 1 atom stereocenters. The quantitative estimate of drug-likeness (QED) is 0.830. The highest BCUT2D eigenvalue weighted by Crippen LogP contribution is 2.34. The summed E-state index contributed by atoms with van der Waals surface area (Å²) in [5, 5.41) is 2.89. The lowest BCUT2D eigenvalue weighted by molar-refractivity contribution is -0.116. The highest BCUT2D eigenvalue weighted by molar-refractivity contribution is 5.95. The summed E-state index contributed by atoms with van der Waals surface area (Å²) in [5.41, 5.74) is 10.0. The number of hydrogen-bond donors (Lipinski definition) is 2. The van der Waals surface area contributed by atoms with E-state index in [1.807, 2.05) is 6.07 Å². The number of carbonyl (C=O) groups is 1.